The van der Waals surface area contributed by atoms with E-state index in [2.05, 4.69) is 15.6 Å². The first-order valence-corrected chi connectivity index (χ1v) is 10.6. The van der Waals surface area contributed by atoms with Crippen LogP contribution < -0.4 is 20.1 Å². The largest absolute Gasteiger partial charge is 0.493 e. The molecule has 0 amide bonds. The summed E-state index contributed by atoms with van der Waals surface area (Å²) in [4.78, 5) is 4.57. The Kier molecular flexibility index (Phi) is 7.28. The van der Waals surface area contributed by atoms with Crippen LogP contribution in [0.3, 0.4) is 0 Å². The SMILES string of the molecule is CN=C(NCc1ccc(S(C)(=O)=O)c(C)c1)NCc1cccc(OC)c1OC. The molecule has 2 aromatic carbocycles. The Morgan fingerprint density at radius 3 is 2.36 bits per heavy atom. The Hall–Kier alpha value is -2.74. The van der Waals surface area contributed by atoms with E-state index in [4.69, 9.17) is 9.47 Å². The van der Waals surface area contributed by atoms with E-state index in [0.29, 0.717) is 35.4 Å². The summed E-state index contributed by atoms with van der Waals surface area (Å²) in [6.07, 6.45) is 1.21. The van der Waals surface area contributed by atoms with Crippen LogP contribution in [0, 0.1) is 6.92 Å². The van der Waals surface area contributed by atoms with E-state index in [9.17, 15) is 8.42 Å². The van der Waals surface area contributed by atoms with Crippen LogP contribution in [0.15, 0.2) is 46.3 Å². The molecular weight excluding hydrogens is 378 g/mol. The summed E-state index contributed by atoms with van der Waals surface area (Å²) in [7, 11) is 1.69. The number of aliphatic imine (C=N–C) groups is 1. The molecule has 0 aliphatic carbocycles. The lowest BCUT2D eigenvalue weighted by Gasteiger charge is -2.16. The van der Waals surface area contributed by atoms with Crippen LogP contribution >= 0.6 is 0 Å². The standard InChI is InChI=1S/C20H27N3O4S/c1-14-11-15(9-10-18(14)28(5,24)25)12-22-20(21-2)23-13-16-7-6-8-17(26-3)19(16)27-4/h6-11H,12-13H2,1-5H3,(H2,21,22,23). The van der Waals surface area contributed by atoms with Gasteiger partial charge in [0.15, 0.2) is 27.3 Å². The topological polar surface area (TPSA) is 89.0 Å². The molecule has 0 heterocycles. The zero-order valence-electron chi connectivity index (χ0n) is 16.9. The van der Waals surface area contributed by atoms with Crippen molar-refractivity contribution in [2.75, 3.05) is 27.5 Å². The van der Waals surface area contributed by atoms with Crippen molar-refractivity contribution in [3.05, 3.63) is 53.1 Å². The lowest BCUT2D eigenvalue weighted by Crippen LogP contribution is -2.36. The number of sulfone groups is 1. The summed E-state index contributed by atoms with van der Waals surface area (Å²) in [5.41, 5.74) is 2.64. The van der Waals surface area contributed by atoms with Gasteiger partial charge in [0.1, 0.15) is 0 Å². The first kappa shape index (κ1) is 21.6. The summed E-state index contributed by atoms with van der Waals surface area (Å²) < 4.78 is 34.2. The fraction of sp³-hybridized carbons (Fsp3) is 0.350. The summed E-state index contributed by atoms with van der Waals surface area (Å²) in [5, 5.41) is 6.46. The number of para-hydroxylation sites is 1. The number of ether oxygens (including phenoxy) is 2. The van der Waals surface area contributed by atoms with Gasteiger partial charge in [-0.15, -0.1) is 0 Å². The number of nitrogens with one attached hydrogen (secondary N) is 2. The predicted molar refractivity (Wildman–Crippen MR) is 111 cm³/mol. The highest BCUT2D eigenvalue weighted by molar-refractivity contribution is 7.90. The maximum atomic E-state index is 11.7. The molecule has 2 N–H and O–H groups in total. The Labute approximate surface area is 166 Å². The van der Waals surface area contributed by atoms with Crippen LogP contribution in [0.4, 0.5) is 0 Å². The van der Waals surface area contributed by atoms with Gasteiger partial charge >= 0.3 is 0 Å². The van der Waals surface area contributed by atoms with Crippen LogP contribution in [0.25, 0.3) is 0 Å². The molecular formula is C20H27N3O4S. The fourth-order valence-corrected chi connectivity index (χ4v) is 3.87. The summed E-state index contributed by atoms with van der Waals surface area (Å²) in [5.74, 6) is 1.97. The van der Waals surface area contributed by atoms with Gasteiger partial charge in [-0.05, 0) is 30.2 Å². The molecule has 0 spiro atoms. The summed E-state index contributed by atoms with van der Waals surface area (Å²) in [6.45, 7) is 2.81. The molecule has 0 atom stereocenters. The third-order valence-corrected chi connectivity index (χ3v) is 5.51. The van der Waals surface area contributed by atoms with E-state index >= 15 is 0 Å². The van der Waals surface area contributed by atoms with Crippen molar-refractivity contribution in [1.82, 2.24) is 10.6 Å². The second kappa shape index (κ2) is 9.45. The van der Waals surface area contributed by atoms with E-state index in [-0.39, 0.29) is 0 Å². The van der Waals surface area contributed by atoms with Crippen molar-refractivity contribution in [3.63, 3.8) is 0 Å². The Morgan fingerprint density at radius 2 is 1.79 bits per heavy atom. The Bertz CT molecular complexity index is 956. The second-order valence-corrected chi connectivity index (χ2v) is 8.29. The van der Waals surface area contributed by atoms with Gasteiger partial charge in [0.2, 0.25) is 0 Å². The van der Waals surface area contributed by atoms with Crippen molar-refractivity contribution >= 4 is 15.8 Å². The van der Waals surface area contributed by atoms with Gasteiger partial charge in [-0.1, -0.05) is 24.3 Å². The lowest BCUT2D eigenvalue weighted by molar-refractivity contribution is 0.351. The van der Waals surface area contributed by atoms with Gasteiger partial charge in [-0.25, -0.2) is 8.42 Å². The van der Waals surface area contributed by atoms with Gasteiger partial charge in [-0.2, -0.15) is 0 Å². The Morgan fingerprint density at radius 1 is 1.07 bits per heavy atom. The number of aryl methyl sites for hydroxylation is 1. The molecule has 152 valence electrons. The fourth-order valence-electron chi connectivity index (χ4n) is 2.92. The molecule has 0 radical (unpaired) electrons. The predicted octanol–water partition coefficient (Wildman–Crippen LogP) is 2.28. The number of rotatable bonds is 7. The van der Waals surface area contributed by atoms with Crippen molar-refractivity contribution in [2.24, 2.45) is 4.99 Å². The quantitative estimate of drug-likeness (QED) is 0.543. The molecule has 0 aliphatic heterocycles. The van der Waals surface area contributed by atoms with E-state index in [1.54, 1.807) is 40.3 Å². The maximum Gasteiger partial charge on any atom is 0.191 e. The van der Waals surface area contributed by atoms with E-state index in [1.165, 1.54) is 6.26 Å². The molecule has 28 heavy (non-hydrogen) atoms. The maximum absolute atomic E-state index is 11.7. The van der Waals surface area contributed by atoms with Crippen molar-refractivity contribution < 1.29 is 17.9 Å². The van der Waals surface area contributed by atoms with Crippen molar-refractivity contribution in [3.8, 4) is 11.5 Å². The highest BCUT2D eigenvalue weighted by Gasteiger charge is 2.12. The molecule has 8 heteroatoms. The average Bonchev–Trinajstić information content (AvgIpc) is 2.66. The number of benzene rings is 2. The van der Waals surface area contributed by atoms with Crippen molar-refractivity contribution in [1.29, 1.82) is 0 Å². The average molecular weight is 406 g/mol. The highest BCUT2D eigenvalue weighted by Crippen LogP contribution is 2.30. The van der Waals surface area contributed by atoms with Crippen LogP contribution in [-0.4, -0.2) is 41.9 Å². The van der Waals surface area contributed by atoms with E-state index < -0.39 is 9.84 Å². The number of nitrogens with zero attached hydrogens (tertiary/aromatic N) is 1. The molecule has 0 saturated carbocycles. The smallest absolute Gasteiger partial charge is 0.191 e. The molecule has 0 unspecified atom stereocenters. The monoisotopic (exact) mass is 405 g/mol. The summed E-state index contributed by atoms with van der Waals surface area (Å²) >= 11 is 0. The van der Waals surface area contributed by atoms with E-state index in [1.807, 2.05) is 24.3 Å². The third-order valence-electron chi connectivity index (χ3n) is 4.25. The third kappa shape index (κ3) is 5.39. The molecule has 0 aromatic heterocycles. The first-order chi connectivity index (χ1) is 13.3. The number of hydrogen-bond donors (Lipinski definition) is 2. The van der Waals surface area contributed by atoms with Crippen molar-refractivity contribution in [2.45, 2.75) is 24.9 Å². The molecule has 0 bridgehead atoms. The Balaban J connectivity index is 2.02. The highest BCUT2D eigenvalue weighted by atomic mass is 32.2. The van der Waals surface area contributed by atoms with Gasteiger partial charge in [0.05, 0.1) is 19.1 Å². The number of guanidine groups is 1. The zero-order chi connectivity index (χ0) is 20.7. The van der Waals surface area contributed by atoms with E-state index in [0.717, 1.165) is 16.7 Å². The normalized spacial score (nSPS) is 11.8. The number of hydrogen-bond acceptors (Lipinski definition) is 5. The first-order valence-electron chi connectivity index (χ1n) is 8.74. The summed E-state index contributed by atoms with van der Waals surface area (Å²) in [6, 6.07) is 11.0. The number of methoxy groups -OCH3 is 2. The minimum Gasteiger partial charge on any atom is -0.493 e. The van der Waals surface area contributed by atoms with Gasteiger partial charge in [0, 0.05) is 32.0 Å². The lowest BCUT2D eigenvalue weighted by atomic mass is 10.1. The van der Waals surface area contributed by atoms with Gasteiger partial charge < -0.3 is 20.1 Å². The van der Waals surface area contributed by atoms with Crippen LogP contribution in [0.5, 0.6) is 11.5 Å². The molecule has 0 fully saturated rings. The van der Waals surface area contributed by atoms with Gasteiger partial charge in [0.25, 0.3) is 0 Å². The van der Waals surface area contributed by atoms with Gasteiger partial charge in [-0.3, -0.25) is 4.99 Å². The van der Waals surface area contributed by atoms with Crippen LogP contribution in [-0.2, 0) is 22.9 Å². The zero-order valence-corrected chi connectivity index (χ0v) is 17.7. The molecule has 0 aliphatic rings. The second-order valence-electron chi connectivity index (χ2n) is 6.30. The molecule has 2 aromatic rings. The molecule has 7 nitrogen and oxygen atoms in total. The molecule has 0 saturated heterocycles. The minimum absolute atomic E-state index is 0.351. The minimum atomic E-state index is -3.22. The van der Waals surface area contributed by atoms with Crippen LogP contribution in [0.1, 0.15) is 16.7 Å². The molecule has 2 rings (SSSR count). The van der Waals surface area contributed by atoms with Crippen LogP contribution in [0.2, 0.25) is 0 Å².